The molecule has 0 radical (unpaired) electrons. The molecule has 0 bridgehead atoms. The Labute approximate surface area is 156 Å². The van der Waals surface area contributed by atoms with Crippen LogP contribution >= 0.6 is 0 Å². The van der Waals surface area contributed by atoms with E-state index in [1.165, 1.54) is 12.1 Å². The summed E-state index contributed by atoms with van der Waals surface area (Å²) < 4.78 is 5.46. The Balaban J connectivity index is 2.04. The number of amidine groups is 1. The molecule has 0 aliphatic carbocycles. The number of nitro groups is 1. The van der Waals surface area contributed by atoms with Crippen LogP contribution in [0.4, 0.5) is 5.69 Å². The van der Waals surface area contributed by atoms with Gasteiger partial charge in [-0.3, -0.25) is 19.9 Å². The molecule has 3 N–H and O–H groups in total. The number of amides is 1. The molecule has 2 rings (SSSR count). The van der Waals surface area contributed by atoms with Gasteiger partial charge in [0.1, 0.15) is 0 Å². The second-order valence-corrected chi connectivity index (χ2v) is 6.21. The van der Waals surface area contributed by atoms with Gasteiger partial charge in [0.15, 0.2) is 11.6 Å². The molecular weight excluding hydrogens is 350 g/mol. The van der Waals surface area contributed by atoms with Gasteiger partial charge in [-0.2, -0.15) is 5.10 Å². The summed E-state index contributed by atoms with van der Waals surface area (Å²) in [5.74, 6) is 0.0999. The first kappa shape index (κ1) is 19.8. The monoisotopic (exact) mass is 371 g/mol. The fraction of sp³-hybridized carbons (Fsp3) is 0.278. The average Bonchev–Trinajstić information content (AvgIpc) is 2.65. The molecule has 0 saturated heterocycles. The van der Waals surface area contributed by atoms with E-state index in [9.17, 15) is 14.9 Å². The molecule has 0 saturated carbocycles. The van der Waals surface area contributed by atoms with Gasteiger partial charge in [0.2, 0.25) is 5.91 Å². The number of nitrogens with one attached hydrogen (secondary N) is 1. The van der Waals surface area contributed by atoms with Crippen LogP contribution in [0.5, 0.6) is 5.75 Å². The molecular formula is C18H21N5O4. The van der Waals surface area contributed by atoms with Crippen molar-refractivity contribution in [3.63, 3.8) is 0 Å². The van der Waals surface area contributed by atoms with E-state index >= 15 is 0 Å². The summed E-state index contributed by atoms with van der Waals surface area (Å²) >= 11 is 0. The summed E-state index contributed by atoms with van der Waals surface area (Å²) in [6.45, 7) is 4.26. The van der Waals surface area contributed by atoms with Crippen LogP contribution in [-0.4, -0.2) is 28.3 Å². The SMILES string of the molecule is CC(C)COc1ccc(CC(=O)N/N=C(\N)c2ccncc2)cc1[N+](=O)[O-]. The maximum absolute atomic E-state index is 12.0. The minimum absolute atomic E-state index is 0.0849. The maximum Gasteiger partial charge on any atom is 0.311 e. The molecule has 27 heavy (non-hydrogen) atoms. The number of aromatic nitrogens is 1. The largest absolute Gasteiger partial charge is 0.487 e. The van der Waals surface area contributed by atoms with Crippen LogP contribution in [-0.2, 0) is 11.2 Å². The Morgan fingerprint density at radius 1 is 1.33 bits per heavy atom. The molecule has 0 fully saturated rings. The van der Waals surface area contributed by atoms with E-state index in [1.807, 2.05) is 13.8 Å². The highest BCUT2D eigenvalue weighted by atomic mass is 16.6. The lowest BCUT2D eigenvalue weighted by atomic mass is 10.1. The van der Waals surface area contributed by atoms with Gasteiger partial charge in [0.05, 0.1) is 18.0 Å². The van der Waals surface area contributed by atoms with Crippen LogP contribution in [0.2, 0.25) is 0 Å². The van der Waals surface area contributed by atoms with E-state index < -0.39 is 10.8 Å². The highest BCUT2D eigenvalue weighted by Crippen LogP contribution is 2.28. The molecule has 9 heteroatoms. The highest BCUT2D eigenvalue weighted by molar-refractivity contribution is 5.97. The molecule has 142 valence electrons. The number of ether oxygens (including phenoxy) is 1. The van der Waals surface area contributed by atoms with Crippen LogP contribution < -0.4 is 15.9 Å². The first-order valence-electron chi connectivity index (χ1n) is 8.29. The molecule has 1 heterocycles. The van der Waals surface area contributed by atoms with E-state index in [0.717, 1.165) is 0 Å². The highest BCUT2D eigenvalue weighted by Gasteiger charge is 2.17. The zero-order valence-electron chi connectivity index (χ0n) is 15.1. The van der Waals surface area contributed by atoms with Gasteiger partial charge in [0, 0.05) is 24.0 Å². The van der Waals surface area contributed by atoms with Crippen molar-refractivity contribution in [1.82, 2.24) is 10.4 Å². The van der Waals surface area contributed by atoms with Crippen LogP contribution in [0.15, 0.2) is 47.8 Å². The molecule has 1 aromatic carbocycles. The Morgan fingerprint density at radius 3 is 2.67 bits per heavy atom. The van der Waals surface area contributed by atoms with Crippen molar-refractivity contribution in [2.45, 2.75) is 20.3 Å². The first-order chi connectivity index (χ1) is 12.9. The third-order valence-electron chi connectivity index (χ3n) is 3.43. The van der Waals surface area contributed by atoms with E-state index in [0.29, 0.717) is 17.7 Å². The number of benzene rings is 1. The van der Waals surface area contributed by atoms with Crippen molar-refractivity contribution < 1.29 is 14.5 Å². The number of nitrogens with two attached hydrogens (primary N) is 1. The Hall–Kier alpha value is -3.49. The lowest BCUT2D eigenvalue weighted by Crippen LogP contribution is -2.25. The number of hydrazone groups is 1. The van der Waals surface area contributed by atoms with Crippen LogP contribution in [0.1, 0.15) is 25.0 Å². The zero-order valence-corrected chi connectivity index (χ0v) is 15.1. The molecule has 0 aliphatic rings. The number of carbonyl (C=O) groups excluding carboxylic acids is 1. The fourth-order valence-electron chi connectivity index (χ4n) is 2.13. The van der Waals surface area contributed by atoms with Crippen LogP contribution in [0, 0.1) is 16.0 Å². The zero-order chi connectivity index (χ0) is 19.8. The summed E-state index contributed by atoms with van der Waals surface area (Å²) in [5.41, 5.74) is 9.02. The fourth-order valence-corrected chi connectivity index (χ4v) is 2.13. The number of nitrogens with zero attached hydrogens (tertiary/aromatic N) is 3. The molecule has 0 unspecified atom stereocenters. The summed E-state index contributed by atoms with van der Waals surface area (Å²) in [4.78, 5) is 26.6. The first-order valence-corrected chi connectivity index (χ1v) is 8.29. The van der Waals surface area contributed by atoms with Crippen molar-refractivity contribution in [1.29, 1.82) is 0 Å². The summed E-state index contributed by atoms with van der Waals surface area (Å²) in [7, 11) is 0. The molecule has 0 spiro atoms. The maximum atomic E-state index is 12.0. The number of pyridine rings is 1. The van der Waals surface area contributed by atoms with E-state index in [2.05, 4.69) is 15.5 Å². The summed E-state index contributed by atoms with van der Waals surface area (Å²) in [5, 5.41) is 15.1. The Kier molecular flexibility index (Phi) is 6.81. The second-order valence-electron chi connectivity index (χ2n) is 6.21. The molecule has 2 aromatic rings. The van der Waals surface area contributed by atoms with E-state index in [1.54, 1.807) is 30.6 Å². The molecule has 0 atom stereocenters. The normalized spacial score (nSPS) is 11.3. The minimum Gasteiger partial charge on any atom is -0.487 e. The molecule has 1 amide bonds. The van der Waals surface area contributed by atoms with Gasteiger partial charge in [-0.05, 0) is 29.7 Å². The van der Waals surface area contributed by atoms with Crippen molar-refractivity contribution in [2.24, 2.45) is 16.8 Å². The topological polar surface area (TPSA) is 133 Å². The van der Waals surface area contributed by atoms with Crippen molar-refractivity contribution in [3.8, 4) is 5.75 Å². The number of hydrogen-bond acceptors (Lipinski definition) is 6. The average molecular weight is 371 g/mol. The predicted molar refractivity (Wildman–Crippen MR) is 100 cm³/mol. The second kappa shape index (κ2) is 9.27. The van der Waals surface area contributed by atoms with Gasteiger partial charge < -0.3 is 10.5 Å². The standard InChI is InChI=1S/C18H21N5O4/c1-12(2)11-27-16-4-3-13(9-15(16)23(25)26)10-17(24)21-22-18(19)14-5-7-20-8-6-14/h3-9,12H,10-11H2,1-2H3,(H2,19,22)(H,21,24). The van der Waals surface area contributed by atoms with Crippen molar-refractivity contribution in [2.75, 3.05) is 6.61 Å². The van der Waals surface area contributed by atoms with Crippen molar-refractivity contribution in [3.05, 3.63) is 64.0 Å². The molecule has 1 aromatic heterocycles. The molecule has 9 nitrogen and oxygen atoms in total. The Morgan fingerprint density at radius 2 is 2.04 bits per heavy atom. The Bertz CT molecular complexity index is 837. The quantitative estimate of drug-likeness (QED) is 0.316. The summed E-state index contributed by atoms with van der Waals surface area (Å²) in [6.07, 6.45) is 3.03. The van der Waals surface area contributed by atoms with Crippen LogP contribution in [0.3, 0.4) is 0 Å². The molecule has 0 aliphatic heterocycles. The van der Waals surface area contributed by atoms with E-state index in [-0.39, 0.29) is 29.6 Å². The number of rotatable bonds is 8. The smallest absolute Gasteiger partial charge is 0.311 e. The van der Waals surface area contributed by atoms with Crippen LogP contribution in [0.25, 0.3) is 0 Å². The minimum atomic E-state index is -0.531. The predicted octanol–water partition coefficient (Wildman–Crippen LogP) is 2.00. The van der Waals surface area contributed by atoms with Gasteiger partial charge in [-0.1, -0.05) is 19.9 Å². The van der Waals surface area contributed by atoms with Gasteiger partial charge in [0.25, 0.3) is 0 Å². The third-order valence-corrected chi connectivity index (χ3v) is 3.43. The lowest BCUT2D eigenvalue weighted by Gasteiger charge is -2.10. The number of carbonyl (C=O) groups is 1. The number of hydrogen-bond donors (Lipinski definition) is 2. The van der Waals surface area contributed by atoms with Crippen molar-refractivity contribution >= 4 is 17.4 Å². The third kappa shape index (κ3) is 6.07. The summed E-state index contributed by atoms with van der Waals surface area (Å²) in [6, 6.07) is 7.75. The lowest BCUT2D eigenvalue weighted by molar-refractivity contribution is -0.386. The van der Waals surface area contributed by atoms with Gasteiger partial charge in [-0.15, -0.1) is 0 Å². The van der Waals surface area contributed by atoms with Gasteiger partial charge >= 0.3 is 5.69 Å². The van der Waals surface area contributed by atoms with Gasteiger partial charge in [-0.25, -0.2) is 5.43 Å². The number of nitro benzene ring substituents is 1. The van der Waals surface area contributed by atoms with E-state index in [4.69, 9.17) is 10.5 Å².